The summed E-state index contributed by atoms with van der Waals surface area (Å²) in [6, 6.07) is 14.9. The first-order valence-electron chi connectivity index (χ1n) is 8.53. The Hall–Kier alpha value is -3.18. The zero-order chi connectivity index (χ0) is 18.8. The monoisotopic (exact) mass is 376 g/mol. The van der Waals surface area contributed by atoms with Crippen LogP contribution in [0.5, 0.6) is 0 Å². The van der Waals surface area contributed by atoms with Crippen molar-refractivity contribution in [1.29, 1.82) is 0 Å². The predicted molar refractivity (Wildman–Crippen MR) is 109 cm³/mol. The number of nitrogens with zero attached hydrogens (tertiary/aromatic N) is 3. The molecule has 0 unspecified atom stereocenters. The van der Waals surface area contributed by atoms with Crippen molar-refractivity contribution in [3.8, 4) is 5.69 Å². The number of rotatable bonds is 4. The SMILES string of the molecule is Cc1cc2ccnc(NCc3ccncc3)c2c(=O)n1-c1ccc(Cl)cc1. The van der Waals surface area contributed by atoms with E-state index in [-0.39, 0.29) is 5.56 Å². The highest BCUT2D eigenvalue weighted by Gasteiger charge is 2.13. The van der Waals surface area contributed by atoms with Crippen LogP contribution in [-0.2, 0) is 6.54 Å². The number of aromatic nitrogens is 3. The number of anilines is 1. The van der Waals surface area contributed by atoms with Crippen LogP contribution in [0.2, 0.25) is 5.02 Å². The number of benzene rings is 1. The van der Waals surface area contributed by atoms with E-state index in [1.165, 1.54) is 0 Å². The molecule has 0 bridgehead atoms. The van der Waals surface area contributed by atoms with E-state index < -0.39 is 0 Å². The molecule has 0 amide bonds. The lowest BCUT2D eigenvalue weighted by Crippen LogP contribution is -2.22. The molecule has 3 heterocycles. The maximum Gasteiger partial charge on any atom is 0.266 e. The maximum atomic E-state index is 13.3. The van der Waals surface area contributed by atoms with Crippen LogP contribution in [-0.4, -0.2) is 14.5 Å². The lowest BCUT2D eigenvalue weighted by molar-refractivity contribution is 0.948. The van der Waals surface area contributed by atoms with Gasteiger partial charge in [-0.3, -0.25) is 14.3 Å². The summed E-state index contributed by atoms with van der Waals surface area (Å²) >= 11 is 5.99. The van der Waals surface area contributed by atoms with Gasteiger partial charge >= 0.3 is 0 Å². The van der Waals surface area contributed by atoms with Crippen LogP contribution in [0.3, 0.4) is 0 Å². The number of pyridine rings is 3. The van der Waals surface area contributed by atoms with Gasteiger partial charge in [0.15, 0.2) is 0 Å². The lowest BCUT2D eigenvalue weighted by atomic mass is 10.1. The molecule has 27 heavy (non-hydrogen) atoms. The van der Waals surface area contributed by atoms with Gasteiger partial charge in [-0.25, -0.2) is 4.98 Å². The average Bonchev–Trinajstić information content (AvgIpc) is 2.68. The van der Waals surface area contributed by atoms with Crippen LogP contribution in [0.15, 0.2) is 71.9 Å². The standard InChI is InChI=1S/C21H17ClN4O/c1-14-12-16-8-11-24-20(25-13-15-6-9-23-10-7-15)19(16)21(27)26(14)18-4-2-17(22)3-5-18/h2-12H,13H2,1H3,(H,24,25). The molecule has 0 aliphatic rings. The van der Waals surface area contributed by atoms with Gasteiger partial charge in [0.25, 0.3) is 5.56 Å². The smallest absolute Gasteiger partial charge is 0.266 e. The summed E-state index contributed by atoms with van der Waals surface area (Å²) in [4.78, 5) is 21.7. The molecule has 5 nitrogen and oxygen atoms in total. The van der Waals surface area contributed by atoms with Crippen molar-refractivity contribution >= 4 is 28.2 Å². The minimum absolute atomic E-state index is 0.113. The Balaban J connectivity index is 1.83. The molecule has 1 N–H and O–H groups in total. The quantitative estimate of drug-likeness (QED) is 0.575. The van der Waals surface area contributed by atoms with Crippen LogP contribution < -0.4 is 10.9 Å². The van der Waals surface area contributed by atoms with Gasteiger partial charge in [-0.15, -0.1) is 0 Å². The molecular weight excluding hydrogens is 360 g/mol. The molecule has 6 heteroatoms. The minimum atomic E-state index is -0.113. The Morgan fingerprint density at radius 1 is 1.04 bits per heavy atom. The lowest BCUT2D eigenvalue weighted by Gasteiger charge is -2.14. The minimum Gasteiger partial charge on any atom is -0.365 e. The summed E-state index contributed by atoms with van der Waals surface area (Å²) in [7, 11) is 0. The average molecular weight is 377 g/mol. The van der Waals surface area contributed by atoms with Gasteiger partial charge in [0.1, 0.15) is 5.82 Å². The number of hydrogen-bond acceptors (Lipinski definition) is 4. The van der Waals surface area contributed by atoms with E-state index in [1.54, 1.807) is 35.3 Å². The van der Waals surface area contributed by atoms with E-state index in [4.69, 9.17) is 11.6 Å². The molecular formula is C21H17ClN4O. The second-order valence-electron chi connectivity index (χ2n) is 6.24. The normalized spacial score (nSPS) is 10.9. The van der Waals surface area contributed by atoms with Gasteiger partial charge in [0.2, 0.25) is 0 Å². The molecule has 134 valence electrons. The summed E-state index contributed by atoms with van der Waals surface area (Å²) in [6.07, 6.45) is 5.19. The summed E-state index contributed by atoms with van der Waals surface area (Å²) in [5.74, 6) is 0.567. The highest BCUT2D eigenvalue weighted by atomic mass is 35.5. The largest absolute Gasteiger partial charge is 0.365 e. The van der Waals surface area contributed by atoms with Gasteiger partial charge in [-0.05, 0) is 66.4 Å². The van der Waals surface area contributed by atoms with Gasteiger partial charge < -0.3 is 5.32 Å². The van der Waals surface area contributed by atoms with E-state index in [1.807, 2.05) is 43.3 Å². The zero-order valence-electron chi connectivity index (χ0n) is 14.7. The van der Waals surface area contributed by atoms with Crippen molar-refractivity contribution in [2.75, 3.05) is 5.32 Å². The Kier molecular flexibility index (Phi) is 4.60. The fourth-order valence-corrected chi connectivity index (χ4v) is 3.24. The maximum absolute atomic E-state index is 13.3. The Morgan fingerprint density at radius 3 is 2.52 bits per heavy atom. The number of nitrogens with one attached hydrogen (secondary N) is 1. The number of aryl methyl sites for hydroxylation is 1. The molecule has 4 aromatic rings. The molecule has 0 aliphatic heterocycles. The number of halogens is 1. The summed E-state index contributed by atoms with van der Waals surface area (Å²) in [5, 5.41) is 5.33. The predicted octanol–water partition coefficient (Wildman–Crippen LogP) is 4.35. The molecule has 0 aliphatic carbocycles. The van der Waals surface area contributed by atoms with Crippen molar-refractivity contribution in [3.05, 3.63) is 93.8 Å². The Bertz CT molecular complexity index is 1150. The van der Waals surface area contributed by atoms with Gasteiger partial charge in [-0.1, -0.05) is 11.6 Å². The topological polar surface area (TPSA) is 59.8 Å². The number of hydrogen-bond donors (Lipinski definition) is 1. The third kappa shape index (κ3) is 3.41. The van der Waals surface area contributed by atoms with E-state index in [0.717, 1.165) is 22.3 Å². The van der Waals surface area contributed by atoms with Crippen LogP contribution >= 0.6 is 11.6 Å². The van der Waals surface area contributed by atoms with Crippen molar-refractivity contribution in [3.63, 3.8) is 0 Å². The molecule has 0 fully saturated rings. The summed E-state index contributed by atoms with van der Waals surface area (Å²) in [6.45, 7) is 2.48. The second kappa shape index (κ2) is 7.21. The highest BCUT2D eigenvalue weighted by Crippen LogP contribution is 2.21. The van der Waals surface area contributed by atoms with E-state index in [9.17, 15) is 4.79 Å². The molecule has 0 radical (unpaired) electrons. The van der Waals surface area contributed by atoms with Crippen LogP contribution in [0.1, 0.15) is 11.3 Å². The highest BCUT2D eigenvalue weighted by molar-refractivity contribution is 6.30. The van der Waals surface area contributed by atoms with Crippen LogP contribution in [0.25, 0.3) is 16.5 Å². The van der Waals surface area contributed by atoms with Crippen LogP contribution in [0, 0.1) is 6.92 Å². The van der Waals surface area contributed by atoms with E-state index in [2.05, 4.69) is 15.3 Å². The third-order valence-corrected chi connectivity index (χ3v) is 4.66. The van der Waals surface area contributed by atoms with Crippen LogP contribution in [0.4, 0.5) is 5.82 Å². The molecule has 0 spiro atoms. The second-order valence-corrected chi connectivity index (χ2v) is 6.67. The number of fused-ring (bicyclic) bond motifs is 1. The summed E-state index contributed by atoms with van der Waals surface area (Å²) in [5.41, 5.74) is 2.57. The zero-order valence-corrected chi connectivity index (χ0v) is 15.4. The van der Waals surface area contributed by atoms with Gasteiger partial charge in [0, 0.05) is 41.5 Å². The van der Waals surface area contributed by atoms with Gasteiger partial charge in [0.05, 0.1) is 5.39 Å². The van der Waals surface area contributed by atoms with Crippen molar-refractivity contribution in [1.82, 2.24) is 14.5 Å². The molecule has 0 atom stereocenters. The first kappa shape index (κ1) is 17.2. The third-order valence-electron chi connectivity index (χ3n) is 4.41. The fraction of sp³-hybridized carbons (Fsp3) is 0.0952. The summed E-state index contributed by atoms with van der Waals surface area (Å²) < 4.78 is 1.68. The molecule has 0 saturated carbocycles. The van der Waals surface area contributed by atoms with E-state index in [0.29, 0.717) is 22.8 Å². The van der Waals surface area contributed by atoms with Gasteiger partial charge in [-0.2, -0.15) is 0 Å². The fourth-order valence-electron chi connectivity index (χ4n) is 3.11. The first-order chi connectivity index (χ1) is 13.1. The molecule has 0 saturated heterocycles. The van der Waals surface area contributed by atoms with Crippen molar-refractivity contribution in [2.24, 2.45) is 0 Å². The van der Waals surface area contributed by atoms with Crippen molar-refractivity contribution in [2.45, 2.75) is 13.5 Å². The molecule has 4 rings (SSSR count). The Labute approximate surface area is 161 Å². The molecule has 3 aromatic heterocycles. The first-order valence-corrected chi connectivity index (χ1v) is 8.91. The van der Waals surface area contributed by atoms with E-state index >= 15 is 0 Å². The Morgan fingerprint density at radius 2 is 1.78 bits per heavy atom. The van der Waals surface area contributed by atoms with Crippen molar-refractivity contribution < 1.29 is 0 Å². The molecule has 1 aromatic carbocycles.